The van der Waals surface area contributed by atoms with Gasteiger partial charge < -0.3 is 15.0 Å². The second kappa shape index (κ2) is 10.1. The lowest BCUT2D eigenvalue weighted by atomic mass is 10.1. The fourth-order valence-corrected chi connectivity index (χ4v) is 3.49. The Hall–Kier alpha value is -1.83. The maximum absolute atomic E-state index is 14.6. The monoisotopic (exact) mass is 431 g/mol. The molecule has 0 spiro atoms. The summed E-state index contributed by atoms with van der Waals surface area (Å²) in [6.07, 6.45) is 1.31. The number of rotatable bonds is 10. The third-order valence-corrected chi connectivity index (χ3v) is 4.79. The third kappa shape index (κ3) is 5.16. The zero-order valence-corrected chi connectivity index (χ0v) is 17.4. The number of anilines is 1. The summed E-state index contributed by atoms with van der Waals surface area (Å²) in [4.78, 5) is 25.9. The van der Waals surface area contributed by atoms with E-state index in [9.17, 15) is 19.1 Å². The van der Waals surface area contributed by atoms with E-state index in [1.165, 1.54) is 6.20 Å². The number of carbonyl (C=O) groups is 1. The van der Waals surface area contributed by atoms with Gasteiger partial charge in [-0.25, -0.2) is 9.18 Å². The molecule has 1 aromatic carbocycles. The van der Waals surface area contributed by atoms with Crippen molar-refractivity contribution >= 4 is 45.8 Å². The fourth-order valence-electron chi connectivity index (χ4n) is 3.01. The maximum atomic E-state index is 14.6. The van der Waals surface area contributed by atoms with E-state index in [4.69, 9.17) is 23.2 Å². The first-order valence-corrected chi connectivity index (χ1v) is 10.1. The van der Waals surface area contributed by atoms with Crippen molar-refractivity contribution in [2.75, 3.05) is 43.3 Å². The molecular formula is C19H24Cl2FN3O3. The molecule has 0 saturated heterocycles. The molecule has 2 N–H and O–H groups in total. The average Bonchev–Trinajstić information content (AvgIpc) is 2.62. The molecule has 0 amide bonds. The molecule has 0 aliphatic rings. The van der Waals surface area contributed by atoms with Crippen molar-refractivity contribution in [2.24, 2.45) is 0 Å². The number of hydrogen-bond donors (Lipinski definition) is 2. The number of carboxylic acid groups (broad SMARTS) is 1. The fraction of sp³-hybridized carbons (Fsp3) is 0.474. The van der Waals surface area contributed by atoms with Crippen LogP contribution in [0.3, 0.4) is 0 Å². The van der Waals surface area contributed by atoms with Gasteiger partial charge in [0.05, 0.1) is 11.2 Å². The minimum absolute atomic E-state index is 0.0440. The Bertz CT molecular complexity index is 896. The summed E-state index contributed by atoms with van der Waals surface area (Å²) in [5.74, 6) is -0.979. The van der Waals surface area contributed by atoms with E-state index in [2.05, 4.69) is 10.2 Å². The topological polar surface area (TPSA) is 74.6 Å². The molecule has 0 saturated carbocycles. The highest BCUT2D eigenvalue weighted by molar-refractivity contribution is 6.18. The van der Waals surface area contributed by atoms with Gasteiger partial charge in [0.15, 0.2) is 0 Å². The third-order valence-electron chi connectivity index (χ3n) is 4.45. The van der Waals surface area contributed by atoms with Gasteiger partial charge >= 0.3 is 5.97 Å². The van der Waals surface area contributed by atoms with E-state index in [-0.39, 0.29) is 22.7 Å². The molecule has 0 radical (unpaired) electrons. The summed E-state index contributed by atoms with van der Waals surface area (Å²) < 4.78 is 16.2. The number of fused-ring (bicyclic) bond motifs is 1. The Morgan fingerprint density at radius 3 is 2.43 bits per heavy atom. The number of pyridine rings is 1. The van der Waals surface area contributed by atoms with Crippen molar-refractivity contribution in [3.8, 4) is 0 Å². The minimum atomic E-state index is -1.33. The van der Waals surface area contributed by atoms with Crippen LogP contribution in [-0.4, -0.2) is 58.5 Å². The van der Waals surface area contributed by atoms with E-state index in [0.29, 0.717) is 43.5 Å². The van der Waals surface area contributed by atoms with Crippen molar-refractivity contribution in [2.45, 2.75) is 19.9 Å². The van der Waals surface area contributed by atoms with Crippen LogP contribution < -0.4 is 10.7 Å². The van der Waals surface area contributed by atoms with E-state index in [1.54, 1.807) is 10.6 Å². The number of benzene rings is 1. The highest BCUT2D eigenvalue weighted by Crippen LogP contribution is 2.24. The Morgan fingerprint density at radius 2 is 1.89 bits per heavy atom. The molecule has 6 nitrogen and oxygen atoms in total. The van der Waals surface area contributed by atoms with Gasteiger partial charge in [0.1, 0.15) is 11.4 Å². The minimum Gasteiger partial charge on any atom is -0.477 e. The number of carboxylic acids is 1. The predicted molar refractivity (Wildman–Crippen MR) is 112 cm³/mol. The molecule has 0 bridgehead atoms. The smallest absolute Gasteiger partial charge is 0.341 e. The first-order chi connectivity index (χ1) is 13.3. The first-order valence-electron chi connectivity index (χ1n) is 9.00. The normalized spacial score (nSPS) is 11.5. The maximum Gasteiger partial charge on any atom is 0.341 e. The van der Waals surface area contributed by atoms with Crippen LogP contribution in [0.4, 0.5) is 10.1 Å². The number of nitrogens with one attached hydrogen (secondary N) is 1. The molecule has 2 rings (SSSR count). The highest BCUT2D eigenvalue weighted by Gasteiger charge is 2.18. The first kappa shape index (κ1) is 22.5. The van der Waals surface area contributed by atoms with E-state index < -0.39 is 17.2 Å². The number of aromatic nitrogens is 1. The van der Waals surface area contributed by atoms with Gasteiger partial charge in [-0.3, -0.25) is 9.69 Å². The zero-order chi connectivity index (χ0) is 20.8. The number of alkyl halides is 2. The van der Waals surface area contributed by atoms with Gasteiger partial charge in [-0.2, -0.15) is 0 Å². The van der Waals surface area contributed by atoms with Gasteiger partial charge in [0.2, 0.25) is 5.43 Å². The van der Waals surface area contributed by atoms with Crippen LogP contribution in [0.25, 0.3) is 10.9 Å². The second-order valence-electron chi connectivity index (χ2n) is 6.67. The quantitative estimate of drug-likeness (QED) is 0.562. The van der Waals surface area contributed by atoms with Crippen molar-refractivity contribution in [1.82, 2.24) is 9.47 Å². The van der Waals surface area contributed by atoms with E-state index in [0.717, 1.165) is 6.07 Å². The highest BCUT2D eigenvalue weighted by atomic mass is 35.5. The number of aromatic carboxylic acids is 1. The molecule has 0 aliphatic heterocycles. The predicted octanol–water partition coefficient (Wildman–Crippen LogP) is 3.61. The van der Waals surface area contributed by atoms with Gasteiger partial charge in [-0.1, -0.05) is 0 Å². The van der Waals surface area contributed by atoms with E-state index >= 15 is 0 Å². The Morgan fingerprint density at radius 1 is 1.25 bits per heavy atom. The Balaban J connectivity index is 2.37. The number of hydrogen-bond acceptors (Lipinski definition) is 4. The van der Waals surface area contributed by atoms with Crippen LogP contribution in [0.2, 0.25) is 0 Å². The molecule has 0 atom stereocenters. The van der Waals surface area contributed by atoms with Gasteiger partial charge in [0, 0.05) is 55.6 Å². The van der Waals surface area contributed by atoms with Crippen LogP contribution in [0.15, 0.2) is 23.1 Å². The van der Waals surface area contributed by atoms with Crippen LogP contribution in [-0.2, 0) is 0 Å². The Labute approximate surface area is 172 Å². The molecule has 0 fully saturated rings. The molecule has 28 heavy (non-hydrogen) atoms. The van der Waals surface area contributed by atoms with Crippen LogP contribution >= 0.6 is 23.2 Å². The molecule has 2 aromatic rings. The SMILES string of the molecule is CC(C)n1cc(C(=O)O)c(=O)c2cc(F)c(NCCN(CCCl)CCCl)cc21. The number of halogens is 3. The lowest BCUT2D eigenvalue weighted by Gasteiger charge is -2.21. The summed E-state index contributed by atoms with van der Waals surface area (Å²) in [6.45, 7) is 6.19. The summed E-state index contributed by atoms with van der Waals surface area (Å²) in [7, 11) is 0. The lowest BCUT2D eigenvalue weighted by Crippen LogP contribution is -2.32. The Kier molecular flexibility index (Phi) is 8.10. The molecule has 154 valence electrons. The van der Waals surface area contributed by atoms with Crippen LogP contribution in [0.1, 0.15) is 30.2 Å². The summed E-state index contributed by atoms with van der Waals surface area (Å²) in [5, 5.41) is 12.4. The molecule has 1 heterocycles. The second-order valence-corrected chi connectivity index (χ2v) is 7.43. The van der Waals surface area contributed by atoms with Crippen LogP contribution in [0, 0.1) is 5.82 Å². The van der Waals surface area contributed by atoms with Crippen molar-refractivity contribution < 1.29 is 14.3 Å². The summed E-state index contributed by atoms with van der Waals surface area (Å²) in [5.41, 5.74) is -0.340. The van der Waals surface area contributed by atoms with Crippen molar-refractivity contribution in [3.05, 3.63) is 39.9 Å². The lowest BCUT2D eigenvalue weighted by molar-refractivity contribution is 0.0694. The van der Waals surface area contributed by atoms with Crippen molar-refractivity contribution in [3.63, 3.8) is 0 Å². The number of nitrogens with zero attached hydrogens (tertiary/aromatic N) is 2. The molecule has 0 aliphatic carbocycles. The molecule has 9 heteroatoms. The van der Waals surface area contributed by atoms with Crippen molar-refractivity contribution in [1.29, 1.82) is 0 Å². The largest absolute Gasteiger partial charge is 0.477 e. The van der Waals surface area contributed by atoms with Gasteiger partial charge in [0.25, 0.3) is 0 Å². The summed E-state index contributed by atoms with van der Waals surface area (Å²) in [6, 6.07) is 2.54. The zero-order valence-electron chi connectivity index (χ0n) is 15.8. The summed E-state index contributed by atoms with van der Waals surface area (Å²) >= 11 is 11.6. The molecule has 0 unspecified atom stereocenters. The average molecular weight is 432 g/mol. The van der Waals surface area contributed by atoms with Gasteiger partial charge in [-0.05, 0) is 26.0 Å². The van der Waals surface area contributed by atoms with Crippen LogP contribution in [0.5, 0.6) is 0 Å². The van der Waals surface area contributed by atoms with E-state index in [1.807, 2.05) is 13.8 Å². The molecular weight excluding hydrogens is 408 g/mol. The standard InChI is InChI=1S/C19H24Cl2FN3O3/c1-12(2)25-11-14(19(27)28)18(26)13-9-15(22)16(10-17(13)25)23-5-8-24(6-3-20)7-4-21/h9-12,23H,3-8H2,1-2H3,(H,27,28). The molecule has 1 aromatic heterocycles. The van der Waals surface area contributed by atoms with Gasteiger partial charge in [-0.15, -0.1) is 23.2 Å².